The molecule has 0 saturated heterocycles. The highest BCUT2D eigenvalue weighted by Crippen LogP contribution is 2.38. The summed E-state index contributed by atoms with van der Waals surface area (Å²) in [5, 5.41) is 16.2. The molecular weight excluding hydrogens is 1230 g/mol. The van der Waals surface area contributed by atoms with Gasteiger partial charge in [0.1, 0.15) is 65.4 Å². The third kappa shape index (κ3) is 17.7. The minimum Gasteiger partial charge on any atom is -0.497 e. The number of methoxy groups -OCH3 is 5. The van der Waals surface area contributed by atoms with Crippen LogP contribution >= 0.6 is 15.9 Å². The molecule has 11 rings (SSSR count). The van der Waals surface area contributed by atoms with Gasteiger partial charge in [0.2, 0.25) is 0 Å². The number of halogens is 7. The Labute approximate surface area is 529 Å². The van der Waals surface area contributed by atoms with Crippen LogP contribution in [0.5, 0.6) is 40.2 Å². The molecule has 3 heterocycles. The van der Waals surface area contributed by atoms with Crippen LogP contribution in [-0.2, 0) is 39.1 Å². The lowest BCUT2D eigenvalue weighted by Crippen LogP contribution is -2.28. The molecule has 0 fully saturated rings. The van der Waals surface area contributed by atoms with Gasteiger partial charge in [0.05, 0.1) is 54.2 Å². The van der Waals surface area contributed by atoms with E-state index in [2.05, 4.69) is 55.8 Å². The highest BCUT2D eigenvalue weighted by atomic mass is 79.9. The van der Waals surface area contributed by atoms with Gasteiger partial charge in [-0.05, 0) is 117 Å². The second kappa shape index (κ2) is 33.1. The molecule has 0 saturated carbocycles. The first-order valence-electron chi connectivity index (χ1n) is 28.8. The first-order chi connectivity index (χ1) is 43.7. The van der Waals surface area contributed by atoms with Gasteiger partial charge in [-0.1, -0.05) is 113 Å². The minimum atomic E-state index is -0.670. The molecule has 8 aromatic rings. The van der Waals surface area contributed by atoms with Crippen LogP contribution in [0.3, 0.4) is 0 Å². The summed E-state index contributed by atoms with van der Waals surface area (Å²) in [6.45, 7) is 5.29. The van der Waals surface area contributed by atoms with Gasteiger partial charge >= 0.3 is 0 Å². The minimum absolute atomic E-state index is 0.0305. The van der Waals surface area contributed by atoms with Gasteiger partial charge in [-0.2, -0.15) is 0 Å². The Morgan fingerprint density at radius 1 is 0.500 bits per heavy atom. The van der Waals surface area contributed by atoms with E-state index in [0.717, 1.165) is 119 Å². The third-order valence-electron chi connectivity index (χ3n) is 15.0. The molecule has 8 aromatic carbocycles. The molecule has 3 aliphatic heterocycles. The Hall–Kier alpha value is -8.81. The summed E-state index contributed by atoms with van der Waals surface area (Å²) < 4.78 is 120. The summed E-state index contributed by atoms with van der Waals surface area (Å²) in [5.74, 6) is -0.654. The Morgan fingerprint density at radius 3 is 1.36 bits per heavy atom. The zero-order valence-corrected chi connectivity index (χ0v) is 52.2. The fraction of sp³-hybridized carbons (Fsp3) is 0.236. The standard InChI is InChI=1S/C26H25F2NO3.C20H21F2NO2.C17H17NO2.C9H7BrF2O/c1-30-19-13-22(27)20(23(28)14-19)8-9-24-21-15-25(31-2)26(12-18(21)10-11-29-24)32-16-17-6-4-3-5-7-17;1-12-7-13-5-6-23-20(17(13)8-14(12)11-24)4-3-16-18(21)9-15(25-2)10-19(16)22;1-19-16-10-15-11-18-8-7-14(15)9-17(16)20-12-13-5-3-2-4-6-13;1-13-6-4-8(11)7(2-3-10)9(12)5-6/h3-9,12-15,24,29H,10-11,16H2,1-2H3;3-4,7-10,20,23-24H,5-6,11H2,1-2H3;2-6,9-11H,7-8,12H2,1H3;2-5H,1H3/b9-8+;4-3+;;3-2+. The maximum atomic E-state index is 14.3. The quantitative estimate of drug-likeness (QED) is 0.0760. The van der Waals surface area contributed by atoms with E-state index < -0.39 is 34.9 Å². The number of nitrogens with one attached hydrogen (secondary N) is 2. The van der Waals surface area contributed by atoms with E-state index in [1.165, 1.54) is 67.8 Å². The SMILES string of the molecule is COc1cc(F)c(/C=C/Br)c(F)c1.COc1cc(F)c(/C=C/C2NCCc3cc(C)c(CO)cc32)c(F)c1.COc1cc(F)c(/C=C/C2NCCc3cc(OCc4ccccc4)c(OC)cc32)c(F)c1.COc1cc2c(cc1OCc1ccccc1)CCN=C2. The number of hydrogen-bond acceptors (Lipinski definition) is 11. The smallest absolute Gasteiger partial charge is 0.161 e. The molecule has 0 aromatic heterocycles. The van der Waals surface area contributed by atoms with E-state index >= 15 is 0 Å². The van der Waals surface area contributed by atoms with Crippen LogP contribution < -0.4 is 43.8 Å². The Kier molecular flexibility index (Phi) is 24.7. The Bertz CT molecular complexity index is 3780. The van der Waals surface area contributed by atoms with Crippen molar-refractivity contribution < 1.29 is 64.6 Å². The average molecular weight is 1300 g/mol. The maximum absolute atomic E-state index is 14.3. The summed E-state index contributed by atoms with van der Waals surface area (Å²) >= 11 is 2.94. The first kappa shape index (κ1) is 67.1. The Morgan fingerprint density at radius 2 is 0.922 bits per heavy atom. The van der Waals surface area contributed by atoms with Crippen molar-refractivity contribution in [1.29, 1.82) is 0 Å². The zero-order valence-electron chi connectivity index (χ0n) is 50.7. The van der Waals surface area contributed by atoms with Crippen LogP contribution in [0.4, 0.5) is 26.3 Å². The molecule has 0 bridgehead atoms. The molecule has 0 amide bonds. The van der Waals surface area contributed by atoms with Crippen molar-refractivity contribution in [2.24, 2.45) is 4.99 Å². The predicted molar refractivity (Wildman–Crippen MR) is 344 cm³/mol. The number of aryl methyl sites for hydroxylation is 1. The fourth-order valence-electron chi connectivity index (χ4n) is 10.2. The number of ether oxygens (including phenoxy) is 7. The molecule has 3 aliphatic rings. The molecule has 470 valence electrons. The first-order valence-corrected chi connectivity index (χ1v) is 29.8. The number of rotatable bonds is 17. The van der Waals surface area contributed by atoms with E-state index in [1.807, 2.05) is 85.9 Å². The van der Waals surface area contributed by atoms with E-state index in [9.17, 15) is 31.4 Å². The predicted octanol–water partition coefficient (Wildman–Crippen LogP) is 15.7. The lowest BCUT2D eigenvalue weighted by molar-refractivity contribution is 0.280. The lowest BCUT2D eigenvalue weighted by Gasteiger charge is -2.26. The Balaban J connectivity index is 0.000000162. The molecule has 2 unspecified atom stereocenters. The molecule has 11 nitrogen and oxygen atoms in total. The topological polar surface area (TPSA) is 121 Å². The number of nitrogens with zero attached hydrogens (tertiary/aromatic N) is 1. The van der Waals surface area contributed by atoms with Gasteiger partial charge < -0.3 is 48.9 Å². The van der Waals surface area contributed by atoms with Crippen molar-refractivity contribution in [2.75, 3.05) is 55.2 Å². The van der Waals surface area contributed by atoms with Gasteiger partial charge in [-0.25, -0.2) is 26.3 Å². The number of hydrogen-bond donors (Lipinski definition) is 3. The lowest BCUT2D eigenvalue weighted by atomic mass is 9.90. The highest BCUT2D eigenvalue weighted by Gasteiger charge is 2.23. The van der Waals surface area contributed by atoms with Gasteiger partial charge in [-0.3, -0.25) is 4.99 Å². The number of aliphatic imine (C=N–C) groups is 1. The van der Waals surface area contributed by atoms with E-state index in [4.69, 9.17) is 33.2 Å². The van der Waals surface area contributed by atoms with E-state index in [0.29, 0.717) is 24.7 Å². The van der Waals surface area contributed by atoms with Crippen molar-refractivity contribution in [3.63, 3.8) is 0 Å². The summed E-state index contributed by atoms with van der Waals surface area (Å²) in [7, 11) is 7.36. The van der Waals surface area contributed by atoms with Crippen molar-refractivity contribution >= 4 is 40.4 Å². The second-order valence-electron chi connectivity index (χ2n) is 20.8. The van der Waals surface area contributed by atoms with Gasteiger partial charge in [0.15, 0.2) is 23.0 Å². The van der Waals surface area contributed by atoms with Gasteiger partial charge in [0, 0.05) is 78.9 Å². The summed E-state index contributed by atoms with van der Waals surface area (Å²) in [6.07, 6.45) is 12.3. The average Bonchev–Trinajstić information content (AvgIpc) is 0.953. The maximum Gasteiger partial charge on any atom is 0.161 e. The molecule has 0 radical (unpaired) electrons. The number of aliphatic hydroxyl groups excluding tert-OH is 1. The van der Waals surface area contributed by atoms with Crippen molar-refractivity contribution in [3.05, 3.63) is 258 Å². The van der Waals surface area contributed by atoms with Crippen LogP contribution in [0.25, 0.3) is 18.2 Å². The van der Waals surface area contributed by atoms with Crippen LogP contribution in [0.15, 0.2) is 156 Å². The third-order valence-corrected chi connectivity index (χ3v) is 15.3. The normalized spacial score (nSPS) is 14.6. The zero-order chi connectivity index (χ0) is 64.1. The molecule has 0 spiro atoms. The molecule has 90 heavy (non-hydrogen) atoms. The molecule has 0 aliphatic carbocycles. The number of fused-ring (bicyclic) bond motifs is 3. The summed E-state index contributed by atoms with van der Waals surface area (Å²) in [6, 6.07) is 38.7. The summed E-state index contributed by atoms with van der Waals surface area (Å²) in [4.78, 5) is 5.69. The molecule has 2 atom stereocenters. The van der Waals surface area contributed by atoms with E-state index in [-0.39, 0.29) is 52.6 Å². The van der Waals surface area contributed by atoms with Crippen LogP contribution in [0.2, 0.25) is 0 Å². The second-order valence-corrected chi connectivity index (χ2v) is 21.3. The molecular formula is C72H70BrF6N3O8. The number of benzene rings is 8. The van der Waals surface area contributed by atoms with Gasteiger partial charge in [-0.15, -0.1) is 0 Å². The largest absolute Gasteiger partial charge is 0.497 e. The van der Waals surface area contributed by atoms with Crippen molar-refractivity contribution in [1.82, 2.24) is 10.6 Å². The van der Waals surface area contributed by atoms with Crippen molar-refractivity contribution in [2.45, 2.75) is 58.1 Å². The summed E-state index contributed by atoms with van der Waals surface area (Å²) in [5.41, 5.74) is 10.6. The fourth-order valence-corrected chi connectivity index (χ4v) is 10.5. The van der Waals surface area contributed by atoms with Crippen LogP contribution in [-0.4, -0.2) is 66.5 Å². The van der Waals surface area contributed by atoms with Crippen LogP contribution in [0, 0.1) is 41.8 Å². The van der Waals surface area contributed by atoms with Gasteiger partial charge in [0.25, 0.3) is 0 Å². The molecule has 3 N–H and O–H groups in total. The number of aliphatic hydroxyl groups is 1. The van der Waals surface area contributed by atoms with E-state index in [1.54, 1.807) is 26.4 Å². The van der Waals surface area contributed by atoms with Crippen molar-refractivity contribution in [3.8, 4) is 40.2 Å². The molecule has 18 heteroatoms. The highest BCUT2D eigenvalue weighted by molar-refractivity contribution is 9.11. The monoisotopic (exact) mass is 1300 g/mol. The van der Waals surface area contributed by atoms with Crippen LogP contribution in [0.1, 0.15) is 84.4 Å².